The number of rotatable bonds is 5. The van der Waals surface area contributed by atoms with Gasteiger partial charge in [0.25, 0.3) is 0 Å². The van der Waals surface area contributed by atoms with E-state index in [1.807, 2.05) is 30.3 Å². The van der Waals surface area contributed by atoms with Gasteiger partial charge in [0.2, 0.25) is 0 Å². The number of para-hydroxylation sites is 1. The fourth-order valence-corrected chi connectivity index (χ4v) is 2.02. The Hall–Kier alpha value is -1.39. The number of carbonyl (C=O) groups is 1. The molecule has 2 rings (SSSR count). The van der Waals surface area contributed by atoms with Crippen LogP contribution in [0.5, 0.6) is 5.75 Å². The van der Waals surface area contributed by atoms with Crippen LogP contribution in [0.1, 0.15) is 20.3 Å². The van der Waals surface area contributed by atoms with Crippen molar-refractivity contribution < 1.29 is 19.0 Å². The normalized spacial score (nSPS) is 27.1. The fraction of sp³-hybridized carbons (Fsp3) is 0.500. The molecule has 0 saturated carbocycles. The Balaban J connectivity index is 1.81. The molecule has 1 aromatic carbocycles. The van der Waals surface area contributed by atoms with Crippen LogP contribution in [0, 0.1) is 0 Å². The largest absolute Gasteiger partial charge is 0.491 e. The van der Waals surface area contributed by atoms with Crippen molar-refractivity contribution in [1.29, 1.82) is 0 Å². The van der Waals surface area contributed by atoms with Gasteiger partial charge in [-0.2, -0.15) is 0 Å². The summed E-state index contributed by atoms with van der Waals surface area (Å²) in [6.07, 6.45) is 0.143. The lowest BCUT2D eigenvalue weighted by atomic mass is 10.2. The van der Waals surface area contributed by atoms with Crippen LogP contribution in [0.25, 0.3) is 0 Å². The van der Waals surface area contributed by atoms with Gasteiger partial charge in [-0.3, -0.25) is 4.79 Å². The van der Waals surface area contributed by atoms with Gasteiger partial charge in [0.1, 0.15) is 24.2 Å². The van der Waals surface area contributed by atoms with Gasteiger partial charge in [0.05, 0.1) is 13.0 Å². The quantitative estimate of drug-likeness (QED) is 0.803. The summed E-state index contributed by atoms with van der Waals surface area (Å²) in [6.45, 7) is 4.21. The third-order valence-corrected chi connectivity index (χ3v) is 2.74. The second kappa shape index (κ2) is 5.50. The summed E-state index contributed by atoms with van der Waals surface area (Å²) < 4.78 is 16.8. The first kappa shape index (κ1) is 13.1. The van der Waals surface area contributed by atoms with Crippen molar-refractivity contribution >= 4 is 5.78 Å². The van der Waals surface area contributed by atoms with Crippen LogP contribution in [0.3, 0.4) is 0 Å². The van der Waals surface area contributed by atoms with Crippen LogP contribution in [-0.4, -0.2) is 30.9 Å². The van der Waals surface area contributed by atoms with Crippen LogP contribution in [0.15, 0.2) is 30.3 Å². The maximum Gasteiger partial charge on any atom is 0.173 e. The van der Waals surface area contributed by atoms with Crippen molar-refractivity contribution in [2.45, 2.75) is 32.2 Å². The predicted octanol–water partition coefficient (Wildman–Crippen LogP) is 2.18. The van der Waals surface area contributed by atoms with E-state index >= 15 is 0 Å². The average molecular weight is 250 g/mol. The van der Waals surface area contributed by atoms with E-state index in [0.717, 1.165) is 5.75 Å². The van der Waals surface area contributed by atoms with E-state index in [1.54, 1.807) is 6.92 Å². The molecule has 0 amide bonds. The zero-order valence-electron chi connectivity index (χ0n) is 10.7. The molecule has 1 heterocycles. The SMILES string of the molecule is CC(=O)CC1(C)OCC(COc2ccccc2)O1. The van der Waals surface area contributed by atoms with Gasteiger partial charge in [-0.25, -0.2) is 0 Å². The molecule has 2 unspecified atom stereocenters. The summed E-state index contributed by atoms with van der Waals surface area (Å²) in [4.78, 5) is 11.1. The molecule has 4 heteroatoms. The monoisotopic (exact) mass is 250 g/mol. The summed E-state index contributed by atoms with van der Waals surface area (Å²) in [6, 6.07) is 9.56. The van der Waals surface area contributed by atoms with E-state index in [-0.39, 0.29) is 18.3 Å². The van der Waals surface area contributed by atoms with Gasteiger partial charge >= 0.3 is 0 Å². The van der Waals surface area contributed by atoms with Gasteiger partial charge in [-0.15, -0.1) is 0 Å². The maximum atomic E-state index is 11.1. The number of hydrogen-bond acceptors (Lipinski definition) is 4. The van der Waals surface area contributed by atoms with Crippen molar-refractivity contribution in [3.8, 4) is 5.75 Å². The number of ketones is 1. The molecule has 1 aliphatic rings. The topological polar surface area (TPSA) is 44.8 Å². The van der Waals surface area contributed by atoms with Gasteiger partial charge in [0.15, 0.2) is 5.79 Å². The number of carbonyl (C=O) groups excluding carboxylic acids is 1. The molecule has 0 spiro atoms. The summed E-state index contributed by atoms with van der Waals surface area (Å²) >= 11 is 0. The van der Waals surface area contributed by atoms with E-state index in [0.29, 0.717) is 13.2 Å². The van der Waals surface area contributed by atoms with Crippen LogP contribution >= 0.6 is 0 Å². The van der Waals surface area contributed by atoms with Crippen LogP contribution in [-0.2, 0) is 14.3 Å². The minimum absolute atomic E-state index is 0.0575. The minimum Gasteiger partial charge on any atom is -0.491 e. The molecule has 4 nitrogen and oxygen atoms in total. The van der Waals surface area contributed by atoms with Crippen LogP contribution in [0.4, 0.5) is 0 Å². The molecule has 1 aromatic rings. The standard InChI is InChI=1S/C14H18O4/c1-11(15)8-14(2)17-10-13(18-14)9-16-12-6-4-3-5-7-12/h3-7,13H,8-10H2,1-2H3. The third kappa shape index (κ3) is 3.55. The van der Waals surface area contributed by atoms with E-state index < -0.39 is 5.79 Å². The first-order valence-corrected chi connectivity index (χ1v) is 6.06. The van der Waals surface area contributed by atoms with E-state index in [4.69, 9.17) is 14.2 Å². The summed E-state index contributed by atoms with van der Waals surface area (Å²) in [5, 5.41) is 0. The molecular formula is C14H18O4. The molecule has 0 N–H and O–H groups in total. The third-order valence-electron chi connectivity index (χ3n) is 2.74. The lowest BCUT2D eigenvalue weighted by Gasteiger charge is -2.21. The fourth-order valence-electron chi connectivity index (χ4n) is 2.02. The van der Waals surface area contributed by atoms with E-state index in [2.05, 4.69) is 0 Å². The first-order valence-electron chi connectivity index (χ1n) is 6.06. The second-order valence-corrected chi connectivity index (χ2v) is 4.69. The molecule has 0 radical (unpaired) electrons. The second-order valence-electron chi connectivity index (χ2n) is 4.69. The van der Waals surface area contributed by atoms with Crippen LogP contribution < -0.4 is 4.74 Å². The molecule has 98 valence electrons. The Morgan fingerprint density at radius 2 is 2.17 bits per heavy atom. The number of ether oxygens (including phenoxy) is 3. The number of hydrogen-bond donors (Lipinski definition) is 0. The highest BCUT2D eigenvalue weighted by Gasteiger charge is 2.38. The molecule has 1 aliphatic heterocycles. The van der Waals surface area contributed by atoms with Gasteiger partial charge in [-0.05, 0) is 26.0 Å². The Labute approximate surface area is 107 Å². The Bertz CT molecular complexity index is 404. The predicted molar refractivity (Wildman–Crippen MR) is 66.5 cm³/mol. The average Bonchev–Trinajstić information content (AvgIpc) is 2.68. The van der Waals surface area contributed by atoms with Gasteiger partial charge < -0.3 is 14.2 Å². The highest BCUT2D eigenvalue weighted by molar-refractivity contribution is 5.76. The molecule has 0 bridgehead atoms. The van der Waals surface area contributed by atoms with Gasteiger partial charge in [-0.1, -0.05) is 18.2 Å². The lowest BCUT2D eigenvalue weighted by molar-refractivity contribution is -0.167. The van der Waals surface area contributed by atoms with Crippen molar-refractivity contribution in [2.24, 2.45) is 0 Å². The molecule has 2 atom stereocenters. The van der Waals surface area contributed by atoms with Gasteiger partial charge in [0, 0.05) is 0 Å². The molecule has 1 saturated heterocycles. The smallest absolute Gasteiger partial charge is 0.173 e. The Kier molecular flexibility index (Phi) is 3.99. The lowest BCUT2D eigenvalue weighted by Crippen LogP contribution is -2.30. The highest BCUT2D eigenvalue weighted by atomic mass is 16.7. The summed E-state index contributed by atoms with van der Waals surface area (Å²) in [7, 11) is 0. The highest BCUT2D eigenvalue weighted by Crippen LogP contribution is 2.27. The molecular weight excluding hydrogens is 232 g/mol. The molecule has 1 fully saturated rings. The Morgan fingerprint density at radius 3 is 2.83 bits per heavy atom. The minimum atomic E-state index is -0.795. The number of Topliss-reactive ketones (excluding diaryl/α,β-unsaturated/α-hetero) is 1. The first-order chi connectivity index (χ1) is 8.57. The van der Waals surface area contributed by atoms with E-state index in [1.165, 1.54) is 6.92 Å². The molecule has 0 aromatic heterocycles. The van der Waals surface area contributed by atoms with Crippen molar-refractivity contribution in [2.75, 3.05) is 13.2 Å². The summed E-state index contributed by atoms with van der Waals surface area (Å²) in [5.74, 6) is 0.0692. The zero-order chi connectivity index (χ0) is 13.0. The van der Waals surface area contributed by atoms with Crippen LogP contribution in [0.2, 0.25) is 0 Å². The zero-order valence-corrected chi connectivity index (χ0v) is 10.7. The van der Waals surface area contributed by atoms with Crippen molar-refractivity contribution in [3.05, 3.63) is 30.3 Å². The molecule has 18 heavy (non-hydrogen) atoms. The van der Waals surface area contributed by atoms with E-state index in [9.17, 15) is 4.79 Å². The Morgan fingerprint density at radius 1 is 1.44 bits per heavy atom. The number of benzene rings is 1. The van der Waals surface area contributed by atoms with Crippen molar-refractivity contribution in [1.82, 2.24) is 0 Å². The maximum absolute atomic E-state index is 11.1. The summed E-state index contributed by atoms with van der Waals surface area (Å²) in [5.41, 5.74) is 0. The van der Waals surface area contributed by atoms with Crippen molar-refractivity contribution in [3.63, 3.8) is 0 Å². The molecule has 0 aliphatic carbocycles.